The molecule has 0 saturated carbocycles. The van der Waals surface area contributed by atoms with Gasteiger partial charge in [0, 0.05) is 5.69 Å². The molecule has 0 radical (unpaired) electrons. The Labute approximate surface area is 123 Å². The van der Waals surface area contributed by atoms with Crippen LogP contribution >= 0.6 is 0 Å². The zero-order valence-electron chi connectivity index (χ0n) is 12.2. The molecule has 5 nitrogen and oxygen atoms in total. The number of carbonyl (C=O) groups is 1. The summed E-state index contributed by atoms with van der Waals surface area (Å²) in [4.78, 5) is 11.2. The van der Waals surface area contributed by atoms with Crippen LogP contribution in [0.4, 0.5) is 0 Å². The van der Waals surface area contributed by atoms with Crippen molar-refractivity contribution in [3.63, 3.8) is 0 Å². The van der Waals surface area contributed by atoms with Crippen LogP contribution in [0.5, 0.6) is 5.75 Å². The summed E-state index contributed by atoms with van der Waals surface area (Å²) < 4.78 is 7.31. The molecular weight excluding hydrogens is 268 g/mol. The van der Waals surface area contributed by atoms with E-state index in [-0.39, 0.29) is 5.92 Å². The molecule has 0 saturated heterocycles. The molecule has 1 aliphatic rings. The summed E-state index contributed by atoms with van der Waals surface area (Å²) >= 11 is 0. The lowest BCUT2D eigenvalue weighted by molar-refractivity contribution is -0.142. The zero-order valence-corrected chi connectivity index (χ0v) is 12.2. The summed E-state index contributed by atoms with van der Waals surface area (Å²) in [6, 6.07) is 7.74. The molecule has 0 bridgehead atoms. The van der Waals surface area contributed by atoms with Gasteiger partial charge in [-0.25, -0.2) is 4.68 Å². The zero-order chi connectivity index (χ0) is 15.0. The molecule has 3 rings (SSSR count). The van der Waals surface area contributed by atoms with Gasteiger partial charge in [-0.1, -0.05) is 12.1 Å². The molecule has 0 aliphatic heterocycles. The molecule has 0 amide bonds. The number of para-hydroxylation sites is 2. The fraction of sp³-hybridized carbons (Fsp3) is 0.375. The highest BCUT2D eigenvalue weighted by Crippen LogP contribution is 2.32. The number of carboxylic acids is 1. The lowest BCUT2D eigenvalue weighted by Crippen LogP contribution is -2.23. The predicted molar refractivity (Wildman–Crippen MR) is 78.0 cm³/mol. The summed E-state index contributed by atoms with van der Waals surface area (Å²) in [7, 11) is 1.64. The summed E-state index contributed by atoms with van der Waals surface area (Å²) in [5, 5.41) is 13.8. The minimum Gasteiger partial charge on any atom is -0.494 e. The quantitative estimate of drug-likeness (QED) is 0.941. The highest BCUT2D eigenvalue weighted by molar-refractivity contribution is 5.71. The highest BCUT2D eigenvalue weighted by Gasteiger charge is 2.29. The standard InChI is InChI=1S/C16H18N2O3/c1-10-12-9-11(16(19)20)7-8-13(12)18(17-10)14-5-3-4-6-15(14)21-2/h3-6,11H,7-9H2,1-2H3,(H,19,20). The largest absolute Gasteiger partial charge is 0.494 e. The number of aromatic nitrogens is 2. The number of rotatable bonds is 3. The van der Waals surface area contributed by atoms with Crippen molar-refractivity contribution in [2.24, 2.45) is 5.92 Å². The molecule has 1 unspecified atom stereocenters. The van der Waals surface area contributed by atoms with Gasteiger partial charge in [0.2, 0.25) is 0 Å². The molecule has 1 atom stereocenters. The second-order valence-corrected chi connectivity index (χ2v) is 5.37. The van der Waals surface area contributed by atoms with E-state index in [1.54, 1.807) is 7.11 Å². The van der Waals surface area contributed by atoms with Crippen molar-refractivity contribution in [3.8, 4) is 11.4 Å². The number of nitrogens with zero attached hydrogens (tertiary/aromatic N) is 2. The van der Waals surface area contributed by atoms with E-state index < -0.39 is 5.97 Å². The van der Waals surface area contributed by atoms with E-state index in [2.05, 4.69) is 5.10 Å². The van der Waals surface area contributed by atoms with Gasteiger partial charge in [0.05, 0.1) is 18.7 Å². The van der Waals surface area contributed by atoms with Crippen molar-refractivity contribution >= 4 is 5.97 Å². The Morgan fingerprint density at radius 2 is 2.19 bits per heavy atom. The van der Waals surface area contributed by atoms with Gasteiger partial charge in [0.15, 0.2) is 0 Å². The van der Waals surface area contributed by atoms with Crippen LogP contribution < -0.4 is 4.74 Å². The lowest BCUT2D eigenvalue weighted by atomic mass is 9.86. The number of carboxylic acid groups (broad SMARTS) is 1. The first-order chi connectivity index (χ1) is 10.1. The molecule has 2 aromatic rings. The number of benzene rings is 1. The maximum atomic E-state index is 11.2. The number of ether oxygens (including phenoxy) is 1. The normalized spacial score (nSPS) is 17.3. The van der Waals surface area contributed by atoms with Crippen LogP contribution in [0.3, 0.4) is 0 Å². The maximum Gasteiger partial charge on any atom is 0.306 e. The van der Waals surface area contributed by atoms with E-state index >= 15 is 0 Å². The van der Waals surface area contributed by atoms with Gasteiger partial charge in [-0.2, -0.15) is 5.10 Å². The van der Waals surface area contributed by atoms with Crippen molar-refractivity contribution in [2.45, 2.75) is 26.2 Å². The first kappa shape index (κ1) is 13.7. The average Bonchev–Trinajstić information content (AvgIpc) is 2.83. The average molecular weight is 286 g/mol. The predicted octanol–water partition coefficient (Wildman–Crippen LogP) is 2.38. The van der Waals surface area contributed by atoms with Crippen LogP contribution in [-0.2, 0) is 17.6 Å². The molecule has 1 heterocycles. The lowest BCUT2D eigenvalue weighted by Gasteiger charge is -2.20. The van der Waals surface area contributed by atoms with Gasteiger partial charge in [0.25, 0.3) is 0 Å². The van der Waals surface area contributed by atoms with Crippen molar-refractivity contribution < 1.29 is 14.6 Å². The van der Waals surface area contributed by atoms with Crippen LogP contribution in [0.15, 0.2) is 24.3 Å². The summed E-state index contributed by atoms with van der Waals surface area (Å²) in [5.74, 6) is -0.250. The van der Waals surface area contributed by atoms with Gasteiger partial charge >= 0.3 is 5.97 Å². The third kappa shape index (κ3) is 2.28. The molecule has 5 heteroatoms. The van der Waals surface area contributed by atoms with Crippen molar-refractivity contribution in [1.82, 2.24) is 9.78 Å². The van der Waals surface area contributed by atoms with Crippen LogP contribution in [-0.4, -0.2) is 28.0 Å². The number of methoxy groups -OCH3 is 1. The maximum absolute atomic E-state index is 11.2. The van der Waals surface area contributed by atoms with Crippen molar-refractivity contribution in [2.75, 3.05) is 7.11 Å². The van der Waals surface area contributed by atoms with E-state index in [0.29, 0.717) is 12.8 Å². The van der Waals surface area contributed by atoms with Crippen LogP contribution in [0.25, 0.3) is 5.69 Å². The minimum absolute atomic E-state index is 0.300. The molecule has 1 aromatic carbocycles. The SMILES string of the molecule is COc1ccccc1-n1nc(C)c2c1CCC(C(=O)O)C2. The number of fused-ring (bicyclic) bond motifs is 1. The summed E-state index contributed by atoms with van der Waals surface area (Å²) in [6.45, 7) is 1.94. The molecule has 1 N–H and O–H groups in total. The Balaban J connectivity index is 2.07. The Morgan fingerprint density at radius 1 is 1.43 bits per heavy atom. The van der Waals surface area contributed by atoms with Gasteiger partial charge in [-0.3, -0.25) is 4.79 Å². The molecule has 21 heavy (non-hydrogen) atoms. The first-order valence-corrected chi connectivity index (χ1v) is 7.05. The summed E-state index contributed by atoms with van der Waals surface area (Å²) in [6.07, 6.45) is 1.94. The molecular formula is C16H18N2O3. The Kier molecular flexibility index (Phi) is 3.41. The molecule has 0 fully saturated rings. The molecule has 110 valence electrons. The van der Waals surface area contributed by atoms with Gasteiger partial charge in [-0.15, -0.1) is 0 Å². The second kappa shape index (κ2) is 5.24. The van der Waals surface area contributed by atoms with Crippen molar-refractivity contribution in [3.05, 3.63) is 41.2 Å². The Bertz CT molecular complexity index is 691. The number of hydrogen-bond acceptors (Lipinski definition) is 3. The number of hydrogen-bond donors (Lipinski definition) is 1. The Morgan fingerprint density at radius 3 is 2.90 bits per heavy atom. The smallest absolute Gasteiger partial charge is 0.306 e. The highest BCUT2D eigenvalue weighted by atomic mass is 16.5. The molecule has 0 spiro atoms. The van der Waals surface area contributed by atoms with E-state index in [4.69, 9.17) is 4.74 Å². The first-order valence-electron chi connectivity index (χ1n) is 7.05. The Hall–Kier alpha value is -2.30. The molecule has 1 aromatic heterocycles. The fourth-order valence-electron chi connectivity index (χ4n) is 3.00. The van der Waals surface area contributed by atoms with E-state index in [9.17, 15) is 9.90 Å². The van der Waals surface area contributed by atoms with Gasteiger partial charge in [-0.05, 0) is 43.9 Å². The monoisotopic (exact) mass is 286 g/mol. The second-order valence-electron chi connectivity index (χ2n) is 5.37. The van der Waals surface area contributed by atoms with Crippen LogP contribution in [0.2, 0.25) is 0 Å². The van der Waals surface area contributed by atoms with E-state index in [1.165, 1.54) is 0 Å². The van der Waals surface area contributed by atoms with Crippen LogP contribution in [0.1, 0.15) is 23.4 Å². The van der Waals surface area contributed by atoms with Gasteiger partial charge in [0.1, 0.15) is 11.4 Å². The number of aliphatic carboxylic acids is 1. The van der Waals surface area contributed by atoms with Crippen LogP contribution in [0, 0.1) is 12.8 Å². The minimum atomic E-state index is -0.718. The fourth-order valence-corrected chi connectivity index (χ4v) is 3.00. The van der Waals surface area contributed by atoms with Gasteiger partial charge < -0.3 is 9.84 Å². The van der Waals surface area contributed by atoms with E-state index in [1.807, 2.05) is 35.9 Å². The van der Waals surface area contributed by atoms with Crippen molar-refractivity contribution in [1.29, 1.82) is 0 Å². The third-order valence-electron chi connectivity index (χ3n) is 4.13. The topological polar surface area (TPSA) is 64.4 Å². The van der Waals surface area contributed by atoms with E-state index in [0.717, 1.165) is 34.8 Å². The summed E-state index contributed by atoms with van der Waals surface area (Å²) in [5.41, 5.74) is 3.98. The number of aryl methyl sites for hydroxylation is 1. The third-order valence-corrected chi connectivity index (χ3v) is 4.13. The molecule has 1 aliphatic carbocycles.